The molecule has 2 amide bonds. The summed E-state index contributed by atoms with van der Waals surface area (Å²) in [6.45, 7) is 5.88. The van der Waals surface area contributed by atoms with Crippen molar-refractivity contribution < 1.29 is 18.7 Å². The van der Waals surface area contributed by atoms with Crippen molar-refractivity contribution in [3.05, 3.63) is 30.1 Å². The molecule has 0 bridgehead atoms. The predicted octanol–water partition coefficient (Wildman–Crippen LogP) is 3.19. The molecule has 1 aromatic carbocycles. The van der Waals surface area contributed by atoms with Crippen LogP contribution in [-0.4, -0.2) is 42.1 Å². The minimum Gasteiger partial charge on any atom is -0.444 e. The van der Waals surface area contributed by atoms with Crippen LogP contribution in [0.1, 0.15) is 33.6 Å². The third-order valence-corrected chi connectivity index (χ3v) is 3.71. The molecule has 126 valence electrons. The summed E-state index contributed by atoms with van der Waals surface area (Å²) in [5.41, 5.74) is -0.0108. The summed E-state index contributed by atoms with van der Waals surface area (Å²) in [5.74, 6) is -0.550. The summed E-state index contributed by atoms with van der Waals surface area (Å²) in [6, 6.07) is 5.15. The van der Waals surface area contributed by atoms with Gasteiger partial charge in [0.15, 0.2) is 0 Å². The number of amides is 2. The summed E-state index contributed by atoms with van der Waals surface area (Å²) in [6.07, 6.45) is 0.886. The molecule has 1 aliphatic heterocycles. The van der Waals surface area contributed by atoms with E-state index in [0.717, 1.165) is 6.42 Å². The third kappa shape index (κ3) is 4.21. The number of benzene rings is 1. The minimum absolute atomic E-state index is 0.194. The van der Waals surface area contributed by atoms with Crippen molar-refractivity contribution in [3.63, 3.8) is 0 Å². The summed E-state index contributed by atoms with van der Waals surface area (Å²) >= 11 is 0. The molecule has 1 atom stereocenters. The van der Waals surface area contributed by atoms with Gasteiger partial charge in [-0.15, -0.1) is 0 Å². The molecule has 0 spiro atoms. The fourth-order valence-corrected chi connectivity index (χ4v) is 2.58. The Morgan fingerprint density at radius 1 is 1.26 bits per heavy atom. The molecule has 6 heteroatoms. The summed E-state index contributed by atoms with van der Waals surface area (Å²) < 4.78 is 18.4. The van der Waals surface area contributed by atoms with Crippen molar-refractivity contribution >= 4 is 17.7 Å². The number of ether oxygens (including phenoxy) is 1. The Morgan fingerprint density at radius 2 is 1.87 bits per heavy atom. The zero-order chi connectivity index (χ0) is 17.2. The van der Waals surface area contributed by atoms with E-state index in [4.69, 9.17) is 4.74 Å². The second-order valence-corrected chi connectivity index (χ2v) is 6.71. The summed E-state index contributed by atoms with van der Waals surface area (Å²) in [7, 11) is 1.63. The lowest BCUT2D eigenvalue weighted by Gasteiger charge is -2.30. The molecular formula is C17H23FN2O3. The monoisotopic (exact) mass is 322 g/mol. The Kier molecular flexibility index (Phi) is 4.92. The van der Waals surface area contributed by atoms with Gasteiger partial charge >= 0.3 is 6.09 Å². The molecule has 23 heavy (non-hydrogen) atoms. The third-order valence-electron chi connectivity index (χ3n) is 3.71. The molecule has 1 aliphatic rings. The second kappa shape index (κ2) is 6.56. The van der Waals surface area contributed by atoms with Crippen LogP contribution in [0.15, 0.2) is 24.3 Å². The molecule has 0 aliphatic carbocycles. The summed E-state index contributed by atoms with van der Waals surface area (Å²) in [5, 5.41) is 0. The lowest BCUT2D eigenvalue weighted by Crippen LogP contribution is -2.48. The molecule has 1 unspecified atom stereocenters. The van der Waals surface area contributed by atoms with E-state index in [1.807, 2.05) is 0 Å². The molecule has 0 aromatic heterocycles. The molecule has 0 saturated carbocycles. The number of rotatable bonds is 2. The SMILES string of the molecule is CN(C(=O)C1CCCN1C(=O)OC(C)(C)C)c1ccc(F)cc1. The quantitative estimate of drug-likeness (QED) is 0.840. The highest BCUT2D eigenvalue weighted by Gasteiger charge is 2.38. The fourth-order valence-electron chi connectivity index (χ4n) is 2.58. The van der Waals surface area contributed by atoms with Crippen LogP contribution in [0.25, 0.3) is 0 Å². The zero-order valence-corrected chi connectivity index (χ0v) is 14.0. The first-order valence-corrected chi connectivity index (χ1v) is 7.72. The number of likely N-dealkylation sites (N-methyl/N-ethyl adjacent to an activating group) is 1. The van der Waals surface area contributed by atoms with E-state index in [1.165, 1.54) is 21.9 Å². The highest BCUT2D eigenvalue weighted by molar-refractivity contribution is 5.98. The lowest BCUT2D eigenvalue weighted by molar-refractivity contribution is -0.122. The molecule has 1 fully saturated rings. The van der Waals surface area contributed by atoms with Gasteiger partial charge in [0.25, 0.3) is 0 Å². The number of anilines is 1. The first-order valence-electron chi connectivity index (χ1n) is 7.72. The van der Waals surface area contributed by atoms with E-state index in [1.54, 1.807) is 40.0 Å². The average molecular weight is 322 g/mol. The number of hydrogen-bond donors (Lipinski definition) is 0. The molecular weight excluding hydrogens is 299 g/mol. The zero-order valence-electron chi connectivity index (χ0n) is 14.0. The average Bonchev–Trinajstić information content (AvgIpc) is 2.94. The van der Waals surface area contributed by atoms with Crippen LogP contribution in [0, 0.1) is 5.82 Å². The lowest BCUT2D eigenvalue weighted by atomic mass is 10.1. The molecule has 2 rings (SSSR count). The standard InChI is InChI=1S/C17H23FN2O3/c1-17(2,3)23-16(22)20-11-5-6-14(20)15(21)19(4)13-9-7-12(18)8-10-13/h7-10,14H,5-6,11H2,1-4H3. The van der Waals surface area contributed by atoms with E-state index >= 15 is 0 Å². The van der Waals surface area contributed by atoms with Crippen molar-refractivity contribution in [2.45, 2.75) is 45.3 Å². The Labute approximate surface area is 136 Å². The van der Waals surface area contributed by atoms with Gasteiger partial charge in [0, 0.05) is 19.3 Å². The van der Waals surface area contributed by atoms with Crippen molar-refractivity contribution in [2.24, 2.45) is 0 Å². The number of halogens is 1. The maximum Gasteiger partial charge on any atom is 0.410 e. The highest BCUT2D eigenvalue weighted by Crippen LogP contribution is 2.24. The van der Waals surface area contributed by atoms with Crippen molar-refractivity contribution in [2.75, 3.05) is 18.5 Å². The van der Waals surface area contributed by atoms with Crippen molar-refractivity contribution in [1.82, 2.24) is 4.90 Å². The van der Waals surface area contributed by atoms with Gasteiger partial charge in [0.2, 0.25) is 5.91 Å². The van der Waals surface area contributed by atoms with Gasteiger partial charge in [-0.1, -0.05) is 0 Å². The van der Waals surface area contributed by atoms with Crippen LogP contribution in [-0.2, 0) is 9.53 Å². The van der Waals surface area contributed by atoms with E-state index in [-0.39, 0.29) is 11.7 Å². The smallest absolute Gasteiger partial charge is 0.410 e. The number of nitrogens with zero attached hydrogens (tertiary/aromatic N) is 2. The molecule has 5 nitrogen and oxygen atoms in total. The highest BCUT2D eigenvalue weighted by atomic mass is 19.1. The van der Waals surface area contributed by atoms with Crippen LogP contribution in [0.2, 0.25) is 0 Å². The Balaban J connectivity index is 2.11. The van der Waals surface area contributed by atoms with Crippen molar-refractivity contribution in [3.8, 4) is 0 Å². The fraction of sp³-hybridized carbons (Fsp3) is 0.529. The van der Waals surface area contributed by atoms with Gasteiger partial charge < -0.3 is 9.64 Å². The van der Waals surface area contributed by atoms with Crippen LogP contribution in [0.5, 0.6) is 0 Å². The first kappa shape index (κ1) is 17.2. The molecule has 1 aromatic rings. The second-order valence-electron chi connectivity index (χ2n) is 6.71. The number of carbonyl (C=O) groups excluding carboxylic acids is 2. The minimum atomic E-state index is -0.601. The van der Waals surface area contributed by atoms with Gasteiger partial charge in [-0.2, -0.15) is 0 Å². The maximum absolute atomic E-state index is 13.0. The van der Waals surface area contributed by atoms with E-state index in [2.05, 4.69) is 0 Å². The van der Waals surface area contributed by atoms with E-state index < -0.39 is 17.7 Å². The molecule has 0 N–H and O–H groups in total. The number of likely N-dealkylation sites (tertiary alicyclic amines) is 1. The number of carbonyl (C=O) groups is 2. The Bertz CT molecular complexity index is 580. The van der Waals surface area contributed by atoms with E-state index in [0.29, 0.717) is 18.7 Å². The van der Waals surface area contributed by atoms with Gasteiger partial charge in [0.1, 0.15) is 17.5 Å². The first-order chi connectivity index (χ1) is 10.7. The maximum atomic E-state index is 13.0. The van der Waals surface area contributed by atoms with Gasteiger partial charge in [-0.3, -0.25) is 9.69 Å². The molecule has 0 radical (unpaired) electrons. The Morgan fingerprint density at radius 3 is 2.43 bits per heavy atom. The van der Waals surface area contributed by atoms with Gasteiger partial charge in [-0.05, 0) is 57.9 Å². The van der Waals surface area contributed by atoms with Crippen molar-refractivity contribution in [1.29, 1.82) is 0 Å². The number of hydrogen-bond acceptors (Lipinski definition) is 3. The predicted molar refractivity (Wildman–Crippen MR) is 85.8 cm³/mol. The van der Waals surface area contributed by atoms with Crippen LogP contribution in [0.4, 0.5) is 14.9 Å². The Hall–Kier alpha value is -2.11. The summed E-state index contributed by atoms with van der Waals surface area (Å²) in [4.78, 5) is 27.9. The largest absolute Gasteiger partial charge is 0.444 e. The van der Waals surface area contributed by atoms with Gasteiger partial charge in [-0.25, -0.2) is 9.18 Å². The van der Waals surface area contributed by atoms with E-state index in [9.17, 15) is 14.0 Å². The van der Waals surface area contributed by atoms with Crippen LogP contribution < -0.4 is 4.90 Å². The normalized spacial score (nSPS) is 18.0. The molecule has 1 heterocycles. The van der Waals surface area contributed by atoms with Crippen LogP contribution in [0.3, 0.4) is 0 Å². The van der Waals surface area contributed by atoms with Gasteiger partial charge in [0.05, 0.1) is 0 Å². The topological polar surface area (TPSA) is 49.9 Å². The molecule has 1 saturated heterocycles. The van der Waals surface area contributed by atoms with Crippen LogP contribution >= 0.6 is 0 Å².